The summed E-state index contributed by atoms with van der Waals surface area (Å²) in [6.45, 7) is 18.9. The maximum absolute atomic E-state index is 5.21. The zero-order chi connectivity index (χ0) is 16.2. The van der Waals surface area contributed by atoms with Crippen molar-refractivity contribution in [2.75, 3.05) is 59.5 Å². The van der Waals surface area contributed by atoms with Gasteiger partial charge in [0, 0.05) is 45.4 Å². The molecule has 0 aromatic carbocycles. The number of hydrogen-bond donors (Lipinski definition) is 1. The number of nitrogens with zero attached hydrogens (tertiary/aromatic N) is 2. The fraction of sp³-hybridized carbons (Fsp3) is 1.00. The van der Waals surface area contributed by atoms with Gasteiger partial charge in [0.2, 0.25) is 0 Å². The van der Waals surface area contributed by atoms with Crippen LogP contribution in [0.4, 0.5) is 0 Å². The maximum atomic E-state index is 5.21. The van der Waals surface area contributed by atoms with Gasteiger partial charge in [-0.1, -0.05) is 20.8 Å². The van der Waals surface area contributed by atoms with Crippen molar-refractivity contribution in [1.29, 1.82) is 0 Å². The lowest BCUT2D eigenvalue weighted by Gasteiger charge is -2.51. The van der Waals surface area contributed by atoms with Crippen LogP contribution in [0.5, 0.6) is 0 Å². The van der Waals surface area contributed by atoms with Gasteiger partial charge in [0.15, 0.2) is 0 Å². The molecule has 22 heavy (non-hydrogen) atoms. The minimum atomic E-state index is 0.340. The van der Waals surface area contributed by atoms with Crippen molar-refractivity contribution in [3.05, 3.63) is 0 Å². The quantitative estimate of drug-likeness (QED) is 0.742. The Hall–Kier alpha value is -0.160. The van der Waals surface area contributed by atoms with E-state index >= 15 is 0 Å². The summed E-state index contributed by atoms with van der Waals surface area (Å²) in [6, 6.07) is 0. The molecule has 130 valence electrons. The van der Waals surface area contributed by atoms with Crippen LogP contribution in [-0.4, -0.2) is 74.9 Å². The first kappa shape index (κ1) is 18.2. The molecule has 2 fully saturated rings. The van der Waals surface area contributed by atoms with Gasteiger partial charge in [-0.05, 0) is 44.2 Å². The van der Waals surface area contributed by atoms with E-state index < -0.39 is 0 Å². The van der Waals surface area contributed by atoms with Crippen LogP contribution >= 0.6 is 0 Å². The maximum Gasteiger partial charge on any atom is 0.0589 e. The van der Waals surface area contributed by atoms with Crippen molar-refractivity contribution in [3.63, 3.8) is 0 Å². The average Bonchev–Trinajstić information content (AvgIpc) is 2.42. The molecule has 2 heterocycles. The van der Waals surface area contributed by atoms with Crippen LogP contribution < -0.4 is 5.32 Å². The van der Waals surface area contributed by atoms with Gasteiger partial charge >= 0.3 is 0 Å². The van der Waals surface area contributed by atoms with Gasteiger partial charge < -0.3 is 10.1 Å². The Morgan fingerprint density at radius 1 is 1.09 bits per heavy atom. The van der Waals surface area contributed by atoms with E-state index in [-0.39, 0.29) is 0 Å². The predicted molar refractivity (Wildman–Crippen MR) is 93.3 cm³/mol. The number of hydrogen-bond acceptors (Lipinski definition) is 4. The Labute approximate surface area is 137 Å². The molecule has 4 nitrogen and oxygen atoms in total. The Balaban J connectivity index is 1.90. The van der Waals surface area contributed by atoms with Crippen LogP contribution in [0.2, 0.25) is 0 Å². The molecule has 4 heteroatoms. The van der Waals surface area contributed by atoms with E-state index in [1.165, 1.54) is 52.1 Å². The fourth-order valence-electron chi connectivity index (χ4n) is 4.16. The van der Waals surface area contributed by atoms with Gasteiger partial charge in [-0.2, -0.15) is 0 Å². The Kier molecular flexibility index (Phi) is 6.29. The van der Waals surface area contributed by atoms with E-state index in [0.29, 0.717) is 11.0 Å². The minimum Gasteiger partial charge on any atom is -0.383 e. The van der Waals surface area contributed by atoms with Crippen LogP contribution in [0.15, 0.2) is 0 Å². The summed E-state index contributed by atoms with van der Waals surface area (Å²) in [4.78, 5) is 5.29. The largest absolute Gasteiger partial charge is 0.383 e. The lowest BCUT2D eigenvalue weighted by molar-refractivity contribution is -0.0117. The monoisotopic (exact) mass is 311 g/mol. The first-order chi connectivity index (χ1) is 10.4. The number of ether oxygens (including phenoxy) is 1. The SMILES string of the molecule is CCC(C)(CC(C)(C)C1CNC1)N1CCN(CCOC)CC1. The van der Waals surface area contributed by atoms with Crippen molar-refractivity contribution in [2.24, 2.45) is 11.3 Å². The molecule has 2 saturated heterocycles. The van der Waals surface area contributed by atoms with E-state index in [1.807, 2.05) is 0 Å². The molecule has 0 aromatic rings. The molecule has 0 aromatic heterocycles. The highest BCUT2D eigenvalue weighted by Crippen LogP contribution is 2.41. The molecule has 0 aliphatic carbocycles. The highest BCUT2D eigenvalue weighted by atomic mass is 16.5. The third kappa shape index (κ3) is 4.22. The topological polar surface area (TPSA) is 27.7 Å². The van der Waals surface area contributed by atoms with Gasteiger partial charge in [-0.25, -0.2) is 0 Å². The number of methoxy groups -OCH3 is 1. The van der Waals surface area contributed by atoms with Crippen molar-refractivity contribution in [2.45, 2.75) is 46.1 Å². The van der Waals surface area contributed by atoms with Crippen LogP contribution in [0.25, 0.3) is 0 Å². The Morgan fingerprint density at radius 2 is 1.73 bits per heavy atom. The molecular formula is C18H37N3O. The van der Waals surface area contributed by atoms with Crippen molar-refractivity contribution in [1.82, 2.24) is 15.1 Å². The summed E-state index contributed by atoms with van der Waals surface area (Å²) in [6.07, 6.45) is 2.55. The zero-order valence-corrected chi connectivity index (χ0v) is 15.5. The number of nitrogens with one attached hydrogen (secondary N) is 1. The van der Waals surface area contributed by atoms with E-state index in [0.717, 1.165) is 19.1 Å². The molecule has 0 bridgehead atoms. The van der Waals surface area contributed by atoms with E-state index in [9.17, 15) is 0 Å². The molecule has 0 spiro atoms. The van der Waals surface area contributed by atoms with Crippen LogP contribution in [0.3, 0.4) is 0 Å². The molecule has 2 aliphatic rings. The second-order valence-electron chi connectivity index (χ2n) is 8.19. The summed E-state index contributed by atoms with van der Waals surface area (Å²) >= 11 is 0. The molecule has 0 saturated carbocycles. The summed E-state index contributed by atoms with van der Waals surface area (Å²) < 4.78 is 5.21. The van der Waals surface area contributed by atoms with Crippen LogP contribution in [0, 0.1) is 11.3 Å². The molecule has 0 radical (unpaired) electrons. The first-order valence-corrected chi connectivity index (χ1v) is 9.08. The zero-order valence-electron chi connectivity index (χ0n) is 15.5. The van der Waals surface area contributed by atoms with Gasteiger partial charge in [0.1, 0.15) is 0 Å². The van der Waals surface area contributed by atoms with Gasteiger partial charge in [-0.3, -0.25) is 9.80 Å². The molecule has 2 aliphatic heterocycles. The van der Waals surface area contributed by atoms with Gasteiger partial charge in [0.25, 0.3) is 0 Å². The normalized spacial score (nSPS) is 25.0. The lowest BCUT2D eigenvalue weighted by atomic mass is 9.67. The summed E-state index contributed by atoms with van der Waals surface area (Å²) in [7, 11) is 1.79. The predicted octanol–water partition coefficient (Wildman–Crippen LogP) is 2.05. The van der Waals surface area contributed by atoms with E-state index in [2.05, 4.69) is 42.8 Å². The highest BCUT2D eigenvalue weighted by Gasteiger charge is 2.42. The smallest absolute Gasteiger partial charge is 0.0589 e. The number of piperazine rings is 1. The molecular weight excluding hydrogens is 274 g/mol. The standard InChI is InChI=1S/C18H37N3O/c1-6-18(4,15-17(2,3)16-13-19-14-16)21-9-7-20(8-10-21)11-12-22-5/h16,19H,6-15H2,1-5H3. The third-order valence-electron chi connectivity index (χ3n) is 6.23. The summed E-state index contributed by atoms with van der Waals surface area (Å²) in [5, 5.41) is 3.44. The Morgan fingerprint density at radius 3 is 2.18 bits per heavy atom. The van der Waals surface area contributed by atoms with Crippen molar-refractivity contribution in [3.8, 4) is 0 Å². The van der Waals surface area contributed by atoms with Crippen LogP contribution in [-0.2, 0) is 4.74 Å². The second-order valence-corrected chi connectivity index (χ2v) is 8.19. The lowest BCUT2D eigenvalue weighted by Crippen LogP contribution is -2.59. The van der Waals surface area contributed by atoms with E-state index in [4.69, 9.17) is 4.74 Å². The molecule has 1 unspecified atom stereocenters. The summed E-state index contributed by atoms with van der Waals surface area (Å²) in [5.74, 6) is 0.848. The Bertz CT molecular complexity index is 335. The van der Waals surface area contributed by atoms with Crippen molar-refractivity contribution >= 4 is 0 Å². The highest BCUT2D eigenvalue weighted by molar-refractivity contribution is 4.97. The third-order valence-corrected chi connectivity index (χ3v) is 6.23. The number of rotatable bonds is 8. The van der Waals surface area contributed by atoms with Crippen LogP contribution in [0.1, 0.15) is 40.5 Å². The van der Waals surface area contributed by atoms with Gasteiger partial charge in [0.05, 0.1) is 6.61 Å². The van der Waals surface area contributed by atoms with E-state index in [1.54, 1.807) is 7.11 Å². The molecule has 2 rings (SSSR count). The fourth-order valence-corrected chi connectivity index (χ4v) is 4.16. The molecule has 1 atom stereocenters. The van der Waals surface area contributed by atoms with Crippen molar-refractivity contribution < 1.29 is 4.74 Å². The minimum absolute atomic E-state index is 0.340. The van der Waals surface area contributed by atoms with Gasteiger partial charge in [-0.15, -0.1) is 0 Å². The molecule has 1 N–H and O–H groups in total. The average molecular weight is 312 g/mol. The summed E-state index contributed by atoms with van der Waals surface area (Å²) in [5.41, 5.74) is 0.773. The second kappa shape index (κ2) is 7.61. The first-order valence-electron chi connectivity index (χ1n) is 9.08. The molecule has 0 amide bonds.